The summed E-state index contributed by atoms with van der Waals surface area (Å²) in [7, 11) is 1.66. The van der Waals surface area contributed by atoms with Gasteiger partial charge in [-0.1, -0.05) is 43.3 Å². The minimum absolute atomic E-state index is 0.0199. The van der Waals surface area contributed by atoms with Crippen LogP contribution in [0.3, 0.4) is 0 Å². The van der Waals surface area contributed by atoms with Gasteiger partial charge >= 0.3 is 0 Å². The average Bonchev–Trinajstić information content (AvgIpc) is 3.21. The number of anilines is 1. The van der Waals surface area contributed by atoms with Gasteiger partial charge < -0.3 is 15.4 Å². The van der Waals surface area contributed by atoms with Crippen LogP contribution in [0.1, 0.15) is 29.0 Å². The average molecular weight is 383 g/mol. The quantitative estimate of drug-likeness (QED) is 0.560. The van der Waals surface area contributed by atoms with E-state index in [0.29, 0.717) is 5.11 Å². The molecule has 0 unspecified atom stereocenters. The van der Waals surface area contributed by atoms with E-state index in [1.54, 1.807) is 18.4 Å². The molecule has 0 saturated carbocycles. The monoisotopic (exact) mass is 382 g/mol. The van der Waals surface area contributed by atoms with Crippen molar-refractivity contribution in [3.05, 3.63) is 82.0 Å². The van der Waals surface area contributed by atoms with Crippen LogP contribution in [0.2, 0.25) is 0 Å². The van der Waals surface area contributed by atoms with Crippen LogP contribution in [0, 0.1) is 0 Å². The molecule has 3 nitrogen and oxygen atoms in total. The lowest BCUT2D eigenvalue weighted by Gasteiger charge is -2.21. The van der Waals surface area contributed by atoms with E-state index >= 15 is 0 Å². The SMILES string of the molecule is CCc1ccc([C@@H](NC(=S)Nc2cccc(OC)c2)c2cccs2)cc1. The standard InChI is InChI=1S/C21H22N2OS2/c1-3-15-9-11-16(12-10-15)20(19-8-5-13-26-19)23-21(25)22-17-6-4-7-18(14-17)24-2/h4-14,20H,3H2,1-2H3,(H2,22,23,25)/t20-/m1/s1. The summed E-state index contributed by atoms with van der Waals surface area (Å²) in [6.07, 6.45) is 1.03. The fourth-order valence-corrected chi connectivity index (χ4v) is 3.76. The normalized spacial score (nSPS) is 11.6. The number of rotatable bonds is 6. The smallest absolute Gasteiger partial charge is 0.171 e. The van der Waals surface area contributed by atoms with Crippen LogP contribution in [0.25, 0.3) is 0 Å². The summed E-state index contributed by atoms with van der Waals surface area (Å²) >= 11 is 7.28. The topological polar surface area (TPSA) is 33.3 Å². The molecule has 0 aliphatic carbocycles. The van der Waals surface area contributed by atoms with Crippen LogP contribution in [0.4, 0.5) is 5.69 Å². The summed E-state index contributed by atoms with van der Waals surface area (Å²) in [6, 6.07) is 20.6. The lowest BCUT2D eigenvalue weighted by Crippen LogP contribution is -2.32. The Hall–Kier alpha value is -2.37. The number of benzene rings is 2. The highest BCUT2D eigenvalue weighted by molar-refractivity contribution is 7.80. The van der Waals surface area contributed by atoms with Crippen molar-refractivity contribution in [3.8, 4) is 5.75 Å². The number of nitrogens with one attached hydrogen (secondary N) is 2. The predicted octanol–water partition coefficient (Wildman–Crippen LogP) is 5.40. The highest BCUT2D eigenvalue weighted by atomic mass is 32.1. The molecule has 1 aromatic heterocycles. The van der Waals surface area contributed by atoms with E-state index in [1.165, 1.54) is 16.0 Å². The van der Waals surface area contributed by atoms with Gasteiger partial charge in [0.25, 0.3) is 0 Å². The van der Waals surface area contributed by atoms with Crippen molar-refractivity contribution in [1.82, 2.24) is 5.32 Å². The van der Waals surface area contributed by atoms with Crippen molar-refractivity contribution in [3.63, 3.8) is 0 Å². The molecule has 134 valence electrons. The van der Waals surface area contributed by atoms with Gasteiger partial charge in [0.05, 0.1) is 13.2 Å². The Balaban J connectivity index is 1.77. The van der Waals surface area contributed by atoms with E-state index < -0.39 is 0 Å². The van der Waals surface area contributed by atoms with E-state index in [1.807, 2.05) is 24.3 Å². The summed E-state index contributed by atoms with van der Waals surface area (Å²) < 4.78 is 5.27. The lowest BCUT2D eigenvalue weighted by atomic mass is 10.0. The van der Waals surface area contributed by atoms with E-state index in [2.05, 4.69) is 59.3 Å². The molecule has 5 heteroatoms. The molecular weight excluding hydrogens is 360 g/mol. The van der Waals surface area contributed by atoms with Gasteiger partial charge in [-0.05, 0) is 53.3 Å². The number of thiocarbonyl (C=S) groups is 1. The molecule has 0 fully saturated rings. The molecule has 2 aromatic carbocycles. The molecule has 1 heterocycles. The van der Waals surface area contributed by atoms with Crippen LogP contribution in [0.5, 0.6) is 5.75 Å². The number of aryl methyl sites for hydroxylation is 1. The molecule has 3 rings (SSSR count). The second-order valence-corrected chi connectivity index (χ2v) is 7.26. The number of hydrogen-bond donors (Lipinski definition) is 2. The molecule has 0 aliphatic heterocycles. The maximum Gasteiger partial charge on any atom is 0.171 e. The van der Waals surface area contributed by atoms with Gasteiger partial charge in [-0.25, -0.2) is 0 Å². The van der Waals surface area contributed by atoms with Gasteiger partial charge in [0.1, 0.15) is 5.75 Å². The van der Waals surface area contributed by atoms with Crippen LogP contribution >= 0.6 is 23.6 Å². The van der Waals surface area contributed by atoms with Crippen molar-refractivity contribution in [2.75, 3.05) is 12.4 Å². The van der Waals surface area contributed by atoms with E-state index in [0.717, 1.165) is 17.9 Å². The van der Waals surface area contributed by atoms with Crippen molar-refractivity contribution >= 4 is 34.4 Å². The number of ether oxygens (including phenoxy) is 1. The summed E-state index contributed by atoms with van der Waals surface area (Å²) in [5, 5.41) is 9.36. The Morgan fingerprint density at radius 1 is 1.12 bits per heavy atom. The second kappa shape index (κ2) is 8.83. The lowest BCUT2D eigenvalue weighted by molar-refractivity contribution is 0.415. The molecular formula is C21H22N2OS2. The zero-order valence-corrected chi connectivity index (χ0v) is 16.5. The third-order valence-electron chi connectivity index (χ3n) is 4.15. The largest absolute Gasteiger partial charge is 0.497 e. The maximum atomic E-state index is 5.56. The van der Waals surface area contributed by atoms with Crippen LogP contribution in [-0.4, -0.2) is 12.2 Å². The zero-order chi connectivity index (χ0) is 18.4. The van der Waals surface area contributed by atoms with Gasteiger partial charge in [-0.3, -0.25) is 0 Å². The molecule has 3 aromatic rings. The summed E-state index contributed by atoms with van der Waals surface area (Å²) in [5.41, 5.74) is 3.42. The highest BCUT2D eigenvalue weighted by Gasteiger charge is 2.16. The Bertz CT molecular complexity index is 845. The van der Waals surface area contributed by atoms with Gasteiger partial charge in [-0.15, -0.1) is 11.3 Å². The molecule has 26 heavy (non-hydrogen) atoms. The van der Waals surface area contributed by atoms with Crippen LogP contribution in [-0.2, 0) is 6.42 Å². The van der Waals surface area contributed by atoms with Gasteiger partial charge in [0, 0.05) is 16.6 Å². The van der Waals surface area contributed by atoms with Crippen LogP contribution in [0.15, 0.2) is 66.0 Å². The molecule has 0 amide bonds. The Kier molecular flexibility index (Phi) is 6.26. The van der Waals surface area contributed by atoms with Crippen molar-refractivity contribution < 1.29 is 4.74 Å². The number of methoxy groups -OCH3 is 1. The minimum atomic E-state index is 0.0199. The van der Waals surface area contributed by atoms with Crippen molar-refractivity contribution in [1.29, 1.82) is 0 Å². The first-order chi connectivity index (χ1) is 12.7. The molecule has 2 N–H and O–H groups in total. The second-order valence-electron chi connectivity index (χ2n) is 5.87. The van der Waals surface area contributed by atoms with E-state index in [9.17, 15) is 0 Å². The first kappa shape index (κ1) is 18.4. The van der Waals surface area contributed by atoms with E-state index in [-0.39, 0.29) is 6.04 Å². The maximum absolute atomic E-state index is 5.56. The zero-order valence-electron chi connectivity index (χ0n) is 14.9. The minimum Gasteiger partial charge on any atom is -0.497 e. The fourth-order valence-electron chi connectivity index (χ4n) is 2.72. The third kappa shape index (κ3) is 4.62. The highest BCUT2D eigenvalue weighted by Crippen LogP contribution is 2.27. The summed E-state index contributed by atoms with van der Waals surface area (Å²) in [4.78, 5) is 1.23. The van der Waals surface area contributed by atoms with Crippen LogP contribution < -0.4 is 15.4 Å². The van der Waals surface area contributed by atoms with E-state index in [4.69, 9.17) is 17.0 Å². The first-order valence-corrected chi connectivity index (χ1v) is 9.82. The summed E-state index contributed by atoms with van der Waals surface area (Å²) in [6.45, 7) is 2.16. The third-order valence-corrected chi connectivity index (χ3v) is 5.31. The first-order valence-electron chi connectivity index (χ1n) is 8.53. The Labute approximate surface area is 164 Å². The molecule has 0 bridgehead atoms. The van der Waals surface area contributed by atoms with Gasteiger partial charge in [-0.2, -0.15) is 0 Å². The Morgan fingerprint density at radius 2 is 1.92 bits per heavy atom. The fraction of sp³-hybridized carbons (Fsp3) is 0.190. The number of hydrogen-bond acceptors (Lipinski definition) is 3. The summed E-state index contributed by atoms with van der Waals surface area (Å²) in [5.74, 6) is 0.794. The molecule has 0 aliphatic rings. The molecule has 0 spiro atoms. The molecule has 0 saturated heterocycles. The predicted molar refractivity (Wildman–Crippen MR) is 114 cm³/mol. The molecule has 1 atom stereocenters. The Morgan fingerprint density at radius 3 is 2.58 bits per heavy atom. The van der Waals surface area contributed by atoms with Gasteiger partial charge in [0.2, 0.25) is 0 Å². The molecule has 0 radical (unpaired) electrons. The van der Waals surface area contributed by atoms with Crippen molar-refractivity contribution in [2.45, 2.75) is 19.4 Å². The van der Waals surface area contributed by atoms with Gasteiger partial charge in [0.15, 0.2) is 5.11 Å². The number of thiophene rings is 1. The van der Waals surface area contributed by atoms with Crippen molar-refractivity contribution in [2.24, 2.45) is 0 Å².